The van der Waals surface area contributed by atoms with E-state index in [4.69, 9.17) is 5.73 Å². The van der Waals surface area contributed by atoms with Gasteiger partial charge in [0.05, 0.1) is 0 Å². The first kappa shape index (κ1) is 14.0. The minimum atomic E-state index is 0.144. The van der Waals surface area contributed by atoms with E-state index in [9.17, 15) is 0 Å². The molecule has 1 rings (SSSR count). The Hall–Kier alpha value is -0.0400. The van der Waals surface area contributed by atoms with Crippen LogP contribution >= 0.6 is 0 Å². The lowest BCUT2D eigenvalue weighted by atomic mass is 9.63. The van der Waals surface area contributed by atoms with Gasteiger partial charge >= 0.3 is 0 Å². The van der Waals surface area contributed by atoms with Gasteiger partial charge in [-0.25, -0.2) is 0 Å². The molecule has 0 spiro atoms. The standard InChI is InChI=1S/C15H31N/c1-6-12(7-2)15(16)10-8-13(9-11-15)14(3,4)5/h12-13H,6-11,16H2,1-5H3. The largest absolute Gasteiger partial charge is 0.325 e. The summed E-state index contributed by atoms with van der Waals surface area (Å²) in [5.41, 5.74) is 7.24. The van der Waals surface area contributed by atoms with Gasteiger partial charge in [0.25, 0.3) is 0 Å². The molecule has 0 amide bonds. The molecule has 0 aromatic carbocycles. The molecule has 16 heavy (non-hydrogen) atoms. The number of nitrogens with two attached hydrogens (primary N) is 1. The quantitative estimate of drug-likeness (QED) is 0.759. The molecule has 0 radical (unpaired) electrons. The summed E-state index contributed by atoms with van der Waals surface area (Å²) in [5.74, 6) is 1.60. The van der Waals surface area contributed by atoms with Gasteiger partial charge in [-0.2, -0.15) is 0 Å². The molecule has 0 aromatic heterocycles. The zero-order valence-electron chi connectivity index (χ0n) is 12.0. The van der Waals surface area contributed by atoms with Crippen molar-refractivity contribution < 1.29 is 0 Å². The lowest BCUT2D eigenvalue weighted by Crippen LogP contribution is -2.50. The predicted molar refractivity (Wildman–Crippen MR) is 72.4 cm³/mol. The summed E-state index contributed by atoms with van der Waals surface area (Å²) < 4.78 is 0. The van der Waals surface area contributed by atoms with Crippen LogP contribution in [0.4, 0.5) is 0 Å². The summed E-state index contributed by atoms with van der Waals surface area (Å²) in [6.07, 6.45) is 7.62. The highest BCUT2D eigenvalue weighted by atomic mass is 14.8. The molecule has 1 fully saturated rings. The average molecular weight is 225 g/mol. The molecule has 0 aliphatic heterocycles. The second kappa shape index (κ2) is 5.08. The van der Waals surface area contributed by atoms with Gasteiger partial charge in [0, 0.05) is 5.54 Å². The topological polar surface area (TPSA) is 26.0 Å². The Morgan fingerprint density at radius 3 is 1.88 bits per heavy atom. The van der Waals surface area contributed by atoms with Crippen LogP contribution in [0, 0.1) is 17.3 Å². The van der Waals surface area contributed by atoms with Crippen molar-refractivity contribution in [2.24, 2.45) is 23.0 Å². The smallest absolute Gasteiger partial charge is 0.0182 e. The molecule has 0 aromatic rings. The van der Waals surface area contributed by atoms with Crippen molar-refractivity contribution in [1.82, 2.24) is 0 Å². The molecule has 1 aliphatic carbocycles. The van der Waals surface area contributed by atoms with Crippen molar-refractivity contribution in [1.29, 1.82) is 0 Å². The first-order valence-corrected chi connectivity index (χ1v) is 7.12. The van der Waals surface area contributed by atoms with Crippen LogP contribution in [-0.2, 0) is 0 Å². The maximum atomic E-state index is 6.63. The van der Waals surface area contributed by atoms with Crippen LogP contribution in [0.1, 0.15) is 73.1 Å². The van der Waals surface area contributed by atoms with Crippen LogP contribution in [0.15, 0.2) is 0 Å². The van der Waals surface area contributed by atoms with E-state index in [2.05, 4.69) is 34.6 Å². The normalized spacial score (nSPS) is 32.1. The van der Waals surface area contributed by atoms with Gasteiger partial charge in [-0.3, -0.25) is 0 Å². The predicted octanol–water partition coefficient (Wildman–Crippen LogP) is 4.36. The minimum Gasteiger partial charge on any atom is -0.325 e. The number of hydrogen-bond donors (Lipinski definition) is 1. The first-order chi connectivity index (χ1) is 7.33. The van der Waals surface area contributed by atoms with E-state index < -0.39 is 0 Å². The maximum Gasteiger partial charge on any atom is 0.0182 e. The second-order valence-electron chi connectivity index (χ2n) is 6.89. The van der Waals surface area contributed by atoms with Crippen molar-refractivity contribution in [2.75, 3.05) is 0 Å². The summed E-state index contributed by atoms with van der Waals surface area (Å²) in [5, 5.41) is 0. The van der Waals surface area contributed by atoms with Crippen molar-refractivity contribution in [3.05, 3.63) is 0 Å². The van der Waals surface area contributed by atoms with Gasteiger partial charge in [-0.05, 0) is 42.9 Å². The summed E-state index contributed by atoms with van der Waals surface area (Å²) in [7, 11) is 0. The van der Waals surface area contributed by atoms with E-state index in [-0.39, 0.29) is 5.54 Å². The summed E-state index contributed by atoms with van der Waals surface area (Å²) >= 11 is 0. The van der Waals surface area contributed by atoms with E-state index in [1.165, 1.54) is 38.5 Å². The number of hydrogen-bond acceptors (Lipinski definition) is 1. The molecular weight excluding hydrogens is 194 g/mol. The highest BCUT2D eigenvalue weighted by molar-refractivity contribution is 4.96. The first-order valence-electron chi connectivity index (χ1n) is 7.12. The summed E-state index contributed by atoms with van der Waals surface area (Å²) in [6.45, 7) is 11.7. The Balaban J connectivity index is 2.59. The minimum absolute atomic E-state index is 0.144. The molecule has 0 bridgehead atoms. The maximum absolute atomic E-state index is 6.63. The third-order valence-corrected chi connectivity index (χ3v) is 4.94. The van der Waals surface area contributed by atoms with Crippen LogP contribution in [0.25, 0.3) is 0 Å². The van der Waals surface area contributed by atoms with E-state index in [0.29, 0.717) is 5.41 Å². The Morgan fingerprint density at radius 1 is 1.12 bits per heavy atom. The van der Waals surface area contributed by atoms with Crippen molar-refractivity contribution >= 4 is 0 Å². The van der Waals surface area contributed by atoms with Crippen LogP contribution < -0.4 is 5.73 Å². The summed E-state index contributed by atoms with van der Waals surface area (Å²) in [6, 6.07) is 0. The van der Waals surface area contributed by atoms with Gasteiger partial charge in [-0.1, -0.05) is 47.5 Å². The second-order valence-corrected chi connectivity index (χ2v) is 6.89. The third kappa shape index (κ3) is 3.00. The Kier molecular flexibility index (Phi) is 4.45. The molecule has 1 nitrogen and oxygen atoms in total. The fraction of sp³-hybridized carbons (Fsp3) is 1.00. The van der Waals surface area contributed by atoms with Crippen LogP contribution in [0.3, 0.4) is 0 Å². The Bertz CT molecular complexity index is 202. The Labute approximate surface area is 102 Å². The monoisotopic (exact) mass is 225 g/mol. The zero-order chi connectivity index (χ0) is 12.4. The van der Waals surface area contributed by atoms with Crippen molar-refractivity contribution in [3.63, 3.8) is 0 Å². The van der Waals surface area contributed by atoms with Crippen LogP contribution in [0.2, 0.25) is 0 Å². The average Bonchev–Trinajstić information content (AvgIpc) is 2.18. The highest BCUT2D eigenvalue weighted by Crippen LogP contribution is 2.44. The summed E-state index contributed by atoms with van der Waals surface area (Å²) in [4.78, 5) is 0. The van der Waals surface area contributed by atoms with Crippen LogP contribution in [0.5, 0.6) is 0 Å². The Morgan fingerprint density at radius 2 is 1.56 bits per heavy atom. The fourth-order valence-electron chi connectivity index (χ4n) is 3.53. The molecule has 1 saturated carbocycles. The molecule has 0 heterocycles. The van der Waals surface area contributed by atoms with Crippen molar-refractivity contribution in [2.45, 2.75) is 78.7 Å². The van der Waals surface area contributed by atoms with E-state index in [1.54, 1.807) is 0 Å². The van der Waals surface area contributed by atoms with Gasteiger partial charge in [0.15, 0.2) is 0 Å². The number of rotatable bonds is 3. The molecule has 96 valence electrons. The van der Waals surface area contributed by atoms with Gasteiger partial charge in [0.2, 0.25) is 0 Å². The van der Waals surface area contributed by atoms with E-state index in [1.807, 2.05) is 0 Å². The lowest BCUT2D eigenvalue weighted by Gasteiger charge is -2.45. The fourth-order valence-corrected chi connectivity index (χ4v) is 3.53. The van der Waals surface area contributed by atoms with Crippen LogP contribution in [-0.4, -0.2) is 5.54 Å². The van der Waals surface area contributed by atoms with E-state index in [0.717, 1.165) is 11.8 Å². The van der Waals surface area contributed by atoms with E-state index >= 15 is 0 Å². The molecule has 2 N–H and O–H groups in total. The highest BCUT2D eigenvalue weighted by Gasteiger charge is 2.39. The molecule has 0 unspecified atom stereocenters. The zero-order valence-corrected chi connectivity index (χ0v) is 12.0. The van der Waals surface area contributed by atoms with Gasteiger partial charge in [-0.15, -0.1) is 0 Å². The lowest BCUT2D eigenvalue weighted by molar-refractivity contribution is 0.0976. The third-order valence-electron chi connectivity index (χ3n) is 4.94. The molecule has 0 atom stereocenters. The SMILES string of the molecule is CCC(CC)C1(N)CCC(C(C)(C)C)CC1. The molecule has 1 heteroatoms. The molecule has 1 aliphatic rings. The molecule has 0 saturated heterocycles. The molecular formula is C15H31N. The van der Waals surface area contributed by atoms with Gasteiger partial charge < -0.3 is 5.73 Å². The van der Waals surface area contributed by atoms with Crippen molar-refractivity contribution in [3.8, 4) is 0 Å². The van der Waals surface area contributed by atoms with Gasteiger partial charge in [0.1, 0.15) is 0 Å².